The number of benzene rings is 1. The monoisotopic (exact) mass is 328 g/mol. The maximum absolute atomic E-state index is 12.0. The lowest BCUT2D eigenvalue weighted by Crippen LogP contribution is -2.33. The molecule has 1 heterocycles. The lowest BCUT2D eigenvalue weighted by molar-refractivity contribution is 0.0285. The Hall–Kier alpha value is -2.63. The smallest absolute Gasteiger partial charge is 0.410 e. The number of rotatable bonds is 5. The summed E-state index contributed by atoms with van der Waals surface area (Å²) in [7, 11) is 1.73. The minimum atomic E-state index is -0.495. The highest BCUT2D eigenvalue weighted by Gasteiger charge is 2.19. The van der Waals surface area contributed by atoms with Crippen molar-refractivity contribution in [3.05, 3.63) is 54.1 Å². The van der Waals surface area contributed by atoms with Crippen LogP contribution in [0.5, 0.6) is 0 Å². The van der Waals surface area contributed by atoms with Crippen LogP contribution in [0.15, 0.2) is 42.9 Å². The van der Waals surface area contributed by atoms with E-state index in [9.17, 15) is 4.79 Å². The number of nitrogens with one attached hydrogen (secondary N) is 1. The SMILES string of the molecule is CN(Cc1cccc(NCc2cnccn2)c1)C(=O)OC(C)(C)C. The average molecular weight is 328 g/mol. The second kappa shape index (κ2) is 7.77. The topological polar surface area (TPSA) is 67.3 Å². The molecule has 0 spiro atoms. The fourth-order valence-corrected chi connectivity index (χ4v) is 2.07. The molecule has 0 aliphatic rings. The standard InChI is InChI=1S/C18H24N4O2/c1-18(2,3)24-17(23)22(4)13-14-6-5-7-15(10-14)21-12-16-11-19-8-9-20-16/h5-11,21H,12-13H2,1-4H3. The van der Waals surface area contributed by atoms with Gasteiger partial charge in [-0.05, 0) is 38.5 Å². The molecule has 0 aliphatic carbocycles. The molecular formula is C18H24N4O2. The van der Waals surface area contributed by atoms with E-state index in [1.165, 1.54) is 0 Å². The number of aromatic nitrogens is 2. The molecule has 2 rings (SSSR count). The first-order chi connectivity index (χ1) is 11.3. The van der Waals surface area contributed by atoms with Crippen LogP contribution >= 0.6 is 0 Å². The number of anilines is 1. The van der Waals surface area contributed by atoms with Crippen molar-refractivity contribution in [2.45, 2.75) is 39.5 Å². The van der Waals surface area contributed by atoms with Crippen LogP contribution in [0, 0.1) is 0 Å². The molecule has 1 amide bonds. The summed E-state index contributed by atoms with van der Waals surface area (Å²) in [6, 6.07) is 7.93. The van der Waals surface area contributed by atoms with Gasteiger partial charge in [-0.1, -0.05) is 12.1 Å². The average Bonchev–Trinajstić information content (AvgIpc) is 2.53. The highest BCUT2D eigenvalue weighted by atomic mass is 16.6. The number of hydrogen-bond acceptors (Lipinski definition) is 5. The summed E-state index contributed by atoms with van der Waals surface area (Å²) in [5, 5.41) is 3.30. The number of hydrogen-bond donors (Lipinski definition) is 1. The molecule has 1 aromatic heterocycles. The van der Waals surface area contributed by atoms with E-state index in [0.717, 1.165) is 16.9 Å². The fourth-order valence-electron chi connectivity index (χ4n) is 2.07. The van der Waals surface area contributed by atoms with Crippen LogP contribution in [0.4, 0.5) is 10.5 Å². The van der Waals surface area contributed by atoms with Crippen LogP contribution in [0.1, 0.15) is 32.0 Å². The van der Waals surface area contributed by atoms with Gasteiger partial charge in [0.25, 0.3) is 0 Å². The van der Waals surface area contributed by atoms with E-state index in [1.807, 2.05) is 45.0 Å². The Labute approximate surface area is 142 Å². The van der Waals surface area contributed by atoms with E-state index >= 15 is 0 Å². The molecule has 0 atom stereocenters. The zero-order valence-electron chi connectivity index (χ0n) is 14.6. The van der Waals surface area contributed by atoms with Crippen molar-refractivity contribution in [1.82, 2.24) is 14.9 Å². The highest BCUT2D eigenvalue weighted by Crippen LogP contribution is 2.15. The maximum Gasteiger partial charge on any atom is 0.410 e. The summed E-state index contributed by atoms with van der Waals surface area (Å²) < 4.78 is 5.36. The third-order valence-electron chi connectivity index (χ3n) is 3.14. The molecule has 0 unspecified atom stereocenters. The van der Waals surface area contributed by atoms with Gasteiger partial charge in [-0.3, -0.25) is 9.97 Å². The Bertz CT molecular complexity index is 668. The van der Waals surface area contributed by atoms with Gasteiger partial charge < -0.3 is 15.0 Å². The third kappa shape index (κ3) is 5.87. The van der Waals surface area contributed by atoms with Gasteiger partial charge in [0.15, 0.2) is 0 Å². The number of carbonyl (C=O) groups is 1. The van der Waals surface area contributed by atoms with Gasteiger partial charge in [0.2, 0.25) is 0 Å². The molecule has 0 saturated carbocycles. The van der Waals surface area contributed by atoms with Crippen LogP contribution in [-0.2, 0) is 17.8 Å². The normalized spacial score (nSPS) is 11.0. The zero-order chi connectivity index (χ0) is 17.6. The van der Waals surface area contributed by atoms with Crippen molar-refractivity contribution in [3.63, 3.8) is 0 Å². The molecule has 0 aliphatic heterocycles. The first-order valence-electron chi connectivity index (χ1n) is 7.85. The second-order valence-corrected chi connectivity index (χ2v) is 6.59. The van der Waals surface area contributed by atoms with E-state index in [4.69, 9.17) is 4.74 Å². The largest absolute Gasteiger partial charge is 0.444 e. The molecule has 0 radical (unpaired) electrons. The maximum atomic E-state index is 12.0. The zero-order valence-corrected chi connectivity index (χ0v) is 14.6. The van der Waals surface area contributed by atoms with E-state index in [1.54, 1.807) is 30.5 Å². The lowest BCUT2D eigenvalue weighted by Gasteiger charge is -2.24. The molecule has 1 N–H and O–H groups in total. The highest BCUT2D eigenvalue weighted by molar-refractivity contribution is 5.67. The van der Waals surface area contributed by atoms with Crippen molar-refractivity contribution >= 4 is 11.8 Å². The third-order valence-corrected chi connectivity index (χ3v) is 3.14. The molecule has 0 saturated heterocycles. The fraction of sp³-hybridized carbons (Fsp3) is 0.389. The molecule has 2 aromatic rings. The summed E-state index contributed by atoms with van der Waals surface area (Å²) in [5.41, 5.74) is 2.36. The molecule has 1 aromatic carbocycles. The predicted octanol–water partition coefficient (Wildman–Crippen LogP) is 3.46. The van der Waals surface area contributed by atoms with E-state index in [-0.39, 0.29) is 6.09 Å². The molecule has 0 fully saturated rings. The minimum absolute atomic E-state index is 0.333. The van der Waals surface area contributed by atoms with E-state index in [0.29, 0.717) is 13.1 Å². The van der Waals surface area contributed by atoms with Gasteiger partial charge in [0.1, 0.15) is 5.60 Å². The minimum Gasteiger partial charge on any atom is -0.444 e. The van der Waals surface area contributed by atoms with E-state index < -0.39 is 5.60 Å². The Kier molecular flexibility index (Phi) is 5.73. The molecule has 128 valence electrons. The van der Waals surface area contributed by atoms with Gasteiger partial charge in [-0.25, -0.2) is 4.79 Å². The van der Waals surface area contributed by atoms with Crippen molar-refractivity contribution < 1.29 is 9.53 Å². The second-order valence-electron chi connectivity index (χ2n) is 6.59. The number of amides is 1. The molecule has 0 bridgehead atoms. The molecule has 24 heavy (non-hydrogen) atoms. The van der Waals surface area contributed by atoms with Crippen LogP contribution in [0.2, 0.25) is 0 Å². The molecule has 6 heteroatoms. The summed E-state index contributed by atoms with van der Waals surface area (Å²) in [6.07, 6.45) is 4.72. The van der Waals surface area contributed by atoms with Crippen LogP contribution in [0.3, 0.4) is 0 Å². The van der Waals surface area contributed by atoms with E-state index in [2.05, 4.69) is 15.3 Å². The van der Waals surface area contributed by atoms with Gasteiger partial charge in [0, 0.05) is 31.7 Å². The van der Waals surface area contributed by atoms with Gasteiger partial charge in [-0.2, -0.15) is 0 Å². The Morgan fingerprint density at radius 3 is 2.75 bits per heavy atom. The van der Waals surface area contributed by atoms with Crippen LogP contribution in [-0.4, -0.2) is 33.6 Å². The first-order valence-corrected chi connectivity index (χ1v) is 7.85. The Balaban J connectivity index is 1.93. The van der Waals surface area contributed by atoms with Crippen LogP contribution in [0.25, 0.3) is 0 Å². The lowest BCUT2D eigenvalue weighted by atomic mass is 10.2. The summed E-state index contributed by atoms with van der Waals surface area (Å²) >= 11 is 0. The molecular weight excluding hydrogens is 304 g/mol. The number of ether oxygens (including phenoxy) is 1. The summed E-state index contributed by atoms with van der Waals surface area (Å²) in [4.78, 5) is 21.9. The van der Waals surface area contributed by atoms with Crippen molar-refractivity contribution in [3.8, 4) is 0 Å². The number of carbonyl (C=O) groups excluding carboxylic acids is 1. The predicted molar refractivity (Wildman–Crippen MR) is 93.5 cm³/mol. The quantitative estimate of drug-likeness (QED) is 0.910. The van der Waals surface area contributed by atoms with Gasteiger partial charge >= 0.3 is 6.09 Å². The number of nitrogens with zero attached hydrogens (tertiary/aromatic N) is 3. The van der Waals surface area contributed by atoms with Gasteiger partial charge in [0.05, 0.1) is 18.4 Å². The van der Waals surface area contributed by atoms with Gasteiger partial charge in [-0.15, -0.1) is 0 Å². The van der Waals surface area contributed by atoms with Crippen LogP contribution < -0.4 is 5.32 Å². The van der Waals surface area contributed by atoms with Crippen molar-refractivity contribution in [2.24, 2.45) is 0 Å². The summed E-state index contributed by atoms with van der Waals surface area (Å²) in [6.45, 7) is 6.65. The Morgan fingerprint density at radius 1 is 1.29 bits per heavy atom. The van der Waals surface area contributed by atoms with Crippen molar-refractivity contribution in [1.29, 1.82) is 0 Å². The summed E-state index contributed by atoms with van der Waals surface area (Å²) in [5.74, 6) is 0. The van der Waals surface area contributed by atoms with Crippen molar-refractivity contribution in [2.75, 3.05) is 12.4 Å². The first kappa shape index (κ1) is 17.7. The molecule has 6 nitrogen and oxygen atoms in total. The Morgan fingerprint density at radius 2 is 2.08 bits per heavy atom.